The third kappa shape index (κ3) is 2.48. The van der Waals surface area contributed by atoms with E-state index in [0.717, 1.165) is 19.4 Å². The summed E-state index contributed by atoms with van der Waals surface area (Å²) in [5.41, 5.74) is 1.01. The zero-order valence-electron chi connectivity index (χ0n) is 10.3. The molecule has 2 rings (SSSR count). The minimum Gasteiger partial charge on any atom is -0.366 e. The van der Waals surface area contributed by atoms with Crippen LogP contribution >= 0.6 is 0 Å². The van der Waals surface area contributed by atoms with Crippen LogP contribution in [-0.4, -0.2) is 18.9 Å². The third-order valence-electron chi connectivity index (χ3n) is 3.56. The molecule has 0 N–H and O–H groups in total. The summed E-state index contributed by atoms with van der Waals surface area (Å²) in [5.74, 6) is 0.412. The molecule has 0 amide bonds. The first-order valence-electron chi connectivity index (χ1n) is 6.13. The van der Waals surface area contributed by atoms with Crippen LogP contribution in [0.15, 0.2) is 18.2 Å². The van der Waals surface area contributed by atoms with E-state index < -0.39 is 0 Å². The molecule has 0 aromatic heterocycles. The summed E-state index contributed by atoms with van der Waals surface area (Å²) in [5, 5.41) is 0. The lowest BCUT2D eigenvalue weighted by atomic mass is 9.93. The Morgan fingerprint density at radius 2 is 2.18 bits per heavy atom. The smallest absolute Gasteiger partial charge is 0.150 e. The maximum atomic E-state index is 13.9. The summed E-state index contributed by atoms with van der Waals surface area (Å²) < 4.78 is 13.9. The van der Waals surface area contributed by atoms with Crippen molar-refractivity contribution < 1.29 is 9.18 Å². The Balaban J connectivity index is 2.25. The Morgan fingerprint density at radius 1 is 1.41 bits per heavy atom. The number of carbonyl (C=O) groups is 1. The standard InChI is InChI=1S/C14H18FNO/c1-10-5-6-16(11(2)7-10)14-4-3-12(9-17)8-13(14)15/h3-4,8-11H,5-7H2,1-2H3. The zero-order chi connectivity index (χ0) is 12.4. The number of rotatable bonds is 2. The van der Waals surface area contributed by atoms with Crippen LogP contribution in [0.5, 0.6) is 0 Å². The average Bonchev–Trinajstić information content (AvgIpc) is 2.30. The second-order valence-corrected chi connectivity index (χ2v) is 5.00. The van der Waals surface area contributed by atoms with Gasteiger partial charge in [-0.15, -0.1) is 0 Å². The van der Waals surface area contributed by atoms with Crippen LogP contribution in [0.4, 0.5) is 10.1 Å². The number of halogens is 1. The van der Waals surface area contributed by atoms with E-state index in [1.54, 1.807) is 12.1 Å². The van der Waals surface area contributed by atoms with E-state index in [9.17, 15) is 9.18 Å². The van der Waals surface area contributed by atoms with E-state index in [1.807, 2.05) is 0 Å². The summed E-state index contributed by atoms with van der Waals surface area (Å²) >= 11 is 0. The van der Waals surface area contributed by atoms with Gasteiger partial charge >= 0.3 is 0 Å². The van der Waals surface area contributed by atoms with Crippen molar-refractivity contribution in [3.8, 4) is 0 Å². The van der Waals surface area contributed by atoms with Crippen molar-refractivity contribution in [2.24, 2.45) is 5.92 Å². The van der Waals surface area contributed by atoms with Gasteiger partial charge in [0.25, 0.3) is 0 Å². The number of anilines is 1. The van der Waals surface area contributed by atoms with Gasteiger partial charge in [-0.2, -0.15) is 0 Å². The quantitative estimate of drug-likeness (QED) is 0.733. The molecule has 17 heavy (non-hydrogen) atoms. The lowest BCUT2D eigenvalue weighted by Crippen LogP contribution is -2.40. The van der Waals surface area contributed by atoms with E-state index in [0.29, 0.717) is 29.5 Å². The van der Waals surface area contributed by atoms with Crippen molar-refractivity contribution in [1.82, 2.24) is 0 Å². The predicted octanol–water partition coefficient (Wildman–Crippen LogP) is 3.26. The first-order chi connectivity index (χ1) is 8.11. The molecule has 0 saturated carbocycles. The highest BCUT2D eigenvalue weighted by Crippen LogP contribution is 2.29. The number of benzene rings is 1. The average molecular weight is 235 g/mol. The number of nitrogens with zero attached hydrogens (tertiary/aromatic N) is 1. The van der Waals surface area contributed by atoms with Gasteiger partial charge in [-0.3, -0.25) is 4.79 Å². The molecule has 1 saturated heterocycles. The van der Waals surface area contributed by atoms with Gasteiger partial charge in [0, 0.05) is 18.2 Å². The van der Waals surface area contributed by atoms with Gasteiger partial charge in [0.2, 0.25) is 0 Å². The fourth-order valence-electron chi connectivity index (χ4n) is 2.59. The van der Waals surface area contributed by atoms with Gasteiger partial charge in [0.15, 0.2) is 0 Å². The largest absolute Gasteiger partial charge is 0.366 e. The van der Waals surface area contributed by atoms with Crippen LogP contribution in [0.2, 0.25) is 0 Å². The molecule has 2 unspecified atom stereocenters. The molecule has 92 valence electrons. The van der Waals surface area contributed by atoms with E-state index in [1.165, 1.54) is 6.07 Å². The normalized spacial score (nSPS) is 24.8. The monoisotopic (exact) mass is 235 g/mol. The predicted molar refractivity (Wildman–Crippen MR) is 67.0 cm³/mol. The van der Waals surface area contributed by atoms with Crippen LogP contribution in [0.3, 0.4) is 0 Å². The van der Waals surface area contributed by atoms with Gasteiger partial charge in [-0.05, 0) is 43.9 Å². The van der Waals surface area contributed by atoms with E-state index in [2.05, 4.69) is 18.7 Å². The molecule has 0 spiro atoms. The molecule has 3 heteroatoms. The van der Waals surface area contributed by atoms with Crippen LogP contribution in [0.1, 0.15) is 37.0 Å². The van der Waals surface area contributed by atoms with Crippen molar-refractivity contribution >= 4 is 12.0 Å². The van der Waals surface area contributed by atoms with Crippen molar-refractivity contribution in [2.75, 3.05) is 11.4 Å². The highest BCUT2D eigenvalue weighted by molar-refractivity contribution is 5.76. The maximum absolute atomic E-state index is 13.9. The molecular formula is C14H18FNO. The highest BCUT2D eigenvalue weighted by Gasteiger charge is 2.24. The first kappa shape index (κ1) is 12.1. The molecule has 1 aromatic carbocycles. The number of piperidine rings is 1. The molecule has 1 aromatic rings. The molecule has 1 aliphatic rings. The van der Waals surface area contributed by atoms with Gasteiger partial charge in [0.05, 0.1) is 5.69 Å². The van der Waals surface area contributed by atoms with Gasteiger partial charge in [-0.25, -0.2) is 4.39 Å². The number of hydrogen-bond acceptors (Lipinski definition) is 2. The van der Waals surface area contributed by atoms with Crippen LogP contribution in [0, 0.1) is 11.7 Å². The molecule has 1 fully saturated rings. The summed E-state index contributed by atoms with van der Waals surface area (Å²) in [6.07, 6.45) is 2.86. The van der Waals surface area contributed by atoms with E-state index >= 15 is 0 Å². The third-order valence-corrected chi connectivity index (χ3v) is 3.56. The summed E-state index contributed by atoms with van der Waals surface area (Å²) in [6.45, 7) is 5.25. The van der Waals surface area contributed by atoms with E-state index in [-0.39, 0.29) is 5.82 Å². The second-order valence-electron chi connectivity index (χ2n) is 5.00. The Kier molecular flexibility index (Phi) is 3.46. The molecule has 1 aliphatic heterocycles. The highest BCUT2D eigenvalue weighted by atomic mass is 19.1. The van der Waals surface area contributed by atoms with Crippen molar-refractivity contribution in [1.29, 1.82) is 0 Å². The van der Waals surface area contributed by atoms with Crippen molar-refractivity contribution in [2.45, 2.75) is 32.7 Å². The Labute approximate surface area is 101 Å². The Hall–Kier alpha value is -1.38. The molecule has 0 bridgehead atoms. The van der Waals surface area contributed by atoms with Crippen LogP contribution in [0.25, 0.3) is 0 Å². The number of aldehydes is 1. The minimum absolute atomic E-state index is 0.295. The SMILES string of the molecule is CC1CCN(c2ccc(C=O)cc2F)C(C)C1. The number of hydrogen-bond donors (Lipinski definition) is 0. The fraction of sp³-hybridized carbons (Fsp3) is 0.500. The lowest BCUT2D eigenvalue weighted by molar-refractivity contribution is 0.112. The first-order valence-corrected chi connectivity index (χ1v) is 6.13. The van der Waals surface area contributed by atoms with Crippen LogP contribution < -0.4 is 4.90 Å². The molecule has 2 atom stereocenters. The van der Waals surface area contributed by atoms with Gasteiger partial charge in [0.1, 0.15) is 12.1 Å². The van der Waals surface area contributed by atoms with Gasteiger partial charge in [-0.1, -0.05) is 6.92 Å². The Bertz CT molecular complexity index is 419. The summed E-state index contributed by atoms with van der Waals surface area (Å²) in [6, 6.07) is 5.06. The molecule has 0 aliphatic carbocycles. The van der Waals surface area contributed by atoms with Crippen LogP contribution in [-0.2, 0) is 0 Å². The van der Waals surface area contributed by atoms with Gasteiger partial charge < -0.3 is 4.90 Å². The fourth-order valence-corrected chi connectivity index (χ4v) is 2.59. The zero-order valence-corrected chi connectivity index (χ0v) is 10.3. The summed E-state index contributed by atoms with van der Waals surface area (Å²) in [4.78, 5) is 12.7. The molecule has 2 nitrogen and oxygen atoms in total. The van der Waals surface area contributed by atoms with E-state index in [4.69, 9.17) is 0 Å². The van der Waals surface area contributed by atoms with Crippen molar-refractivity contribution in [3.63, 3.8) is 0 Å². The molecule has 0 radical (unpaired) electrons. The second kappa shape index (κ2) is 4.86. The maximum Gasteiger partial charge on any atom is 0.150 e. The topological polar surface area (TPSA) is 20.3 Å². The molecule has 1 heterocycles. The Morgan fingerprint density at radius 3 is 2.76 bits per heavy atom. The number of carbonyl (C=O) groups excluding carboxylic acids is 1. The minimum atomic E-state index is -0.295. The lowest BCUT2D eigenvalue weighted by Gasteiger charge is -2.38. The van der Waals surface area contributed by atoms with Crippen molar-refractivity contribution in [3.05, 3.63) is 29.6 Å². The summed E-state index contributed by atoms with van der Waals surface area (Å²) in [7, 11) is 0. The molecular weight excluding hydrogens is 217 g/mol.